The molecule has 7 heteroatoms. The second-order valence-corrected chi connectivity index (χ2v) is 7.06. The van der Waals surface area contributed by atoms with E-state index < -0.39 is 23.2 Å². The van der Waals surface area contributed by atoms with E-state index in [9.17, 15) is 19.5 Å². The Morgan fingerprint density at radius 1 is 1.05 bits per heavy atom. The van der Waals surface area contributed by atoms with Crippen molar-refractivity contribution in [2.24, 2.45) is 17.3 Å². The van der Waals surface area contributed by atoms with Crippen molar-refractivity contribution in [3.63, 3.8) is 0 Å². The van der Waals surface area contributed by atoms with Crippen molar-refractivity contribution in [3.05, 3.63) is 0 Å². The summed E-state index contributed by atoms with van der Waals surface area (Å²) in [6, 6.07) is 0. The summed E-state index contributed by atoms with van der Waals surface area (Å²) in [7, 11) is 3.69. The Morgan fingerprint density at radius 2 is 1.55 bits per heavy atom. The van der Waals surface area contributed by atoms with Crippen LogP contribution in [0.3, 0.4) is 0 Å². The second kappa shape index (κ2) is 5.87. The molecular formula is C15H25N3O4. The summed E-state index contributed by atoms with van der Waals surface area (Å²) in [6.07, 6.45) is 0. The minimum Gasteiger partial charge on any atom is -0.481 e. The van der Waals surface area contributed by atoms with Gasteiger partial charge in [-0.25, -0.2) is 0 Å². The fourth-order valence-corrected chi connectivity index (χ4v) is 3.30. The zero-order valence-corrected chi connectivity index (χ0v) is 13.7. The standard InChI is InChI=1S/C15H25N3O4/c1-15(2)11(12(15)14(21)22)13(20)18-7-5-17(6-8-18)10(19)9-16(3)4/h11-12H,5-9H2,1-4H3,(H,21,22). The Balaban J connectivity index is 1.89. The first-order valence-corrected chi connectivity index (χ1v) is 7.60. The number of rotatable bonds is 4. The van der Waals surface area contributed by atoms with Crippen molar-refractivity contribution in [2.45, 2.75) is 13.8 Å². The van der Waals surface area contributed by atoms with Gasteiger partial charge in [0.2, 0.25) is 11.8 Å². The summed E-state index contributed by atoms with van der Waals surface area (Å²) in [5.41, 5.74) is -0.471. The molecule has 1 aliphatic heterocycles. The quantitative estimate of drug-likeness (QED) is 0.762. The van der Waals surface area contributed by atoms with Gasteiger partial charge in [-0.3, -0.25) is 14.4 Å². The molecule has 1 saturated carbocycles. The molecule has 22 heavy (non-hydrogen) atoms. The molecule has 2 amide bonds. The molecular weight excluding hydrogens is 286 g/mol. The topological polar surface area (TPSA) is 81.2 Å². The molecule has 1 saturated heterocycles. The zero-order chi connectivity index (χ0) is 16.7. The van der Waals surface area contributed by atoms with Crippen LogP contribution in [0.5, 0.6) is 0 Å². The summed E-state index contributed by atoms with van der Waals surface area (Å²) in [5, 5.41) is 9.18. The van der Waals surface area contributed by atoms with E-state index in [4.69, 9.17) is 0 Å². The average molecular weight is 311 g/mol. The third-order valence-electron chi connectivity index (χ3n) is 4.75. The molecule has 1 aliphatic carbocycles. The molecule has 2 fully saturated rings. The SMILES string of the molecule is CN(C)CC(=O)N1CCN(C(=O)C2C(C(=O)O)C2(C)C)CC1. The Kier molecular flexibility index (Phi) is 4.47. The van der Waals surface area contributed by atoms with Gasteiger partial charge in [-0.2, -0.15) is 0 Å². The predicted octanol–water partition coefficient (Wildman–Crippen LogP) is -0.424. The van der Waals surface area contributed by atoms with Gasteiger partial charge in [0.1, 0.15) is 0 Å². The van der Waals surface area contributed by atoms with Gasteiger partial charge < -0.3 is 19.8 Å². The third-order valence-corrected chi connectivity index (χ3v) is 4.75. The van der Waals surface area contributed by atoms with Crippen LogP contribution in [-0.2, 0) is 14.4 Å². The zero-order valence-electron chi connectivity index (χ0n) is 13.7. The number of likely N-dealkylation sites (N-methyl/N-ethyl adjacent to an activating group) is 1. The highest BCUT2D eigenvalue weighted by atomic mass is 16.4. The number of piperazine rings is 1. The summed E-state index contributed by atoms with van der Waals surface area (Å²) in [4.78, 5) is 41.0. The Hall–Kier alpha value is -1.63. The summed E-state index contributed by atoms with van der Waals surface area (Å²) < 4.78 is 0. The van der Waals surface area contributed by atoms with Gasteiger partial charge in [-0.15, -0.1) is 0 Å². The Morgan fingerprint density at radius 3 is 1.95 bits per heavy atom. The molecule has 7 nitrogen and oxygen atoms in total. The van der Waals surface area contributed by atoms with E-state index in [-0.39, 0.29) is 11.8 Å². The smallest absolute Gasteiger partial charge is 0.307 e. The van der Waals surface area contributed by atoms with Crippen molar-refractivity contribution >= 4 is 17.8 Å². The molecule has 0 aromatic carbocycles. The first-order valence-electron chi connectivity index (χ1n) is 7.60. The molecule has 2 atom stereocenters. The van der Waals surface area contributed by atoms with E-state index in [2.05, 4.69) is 0 Å². The lowest BCUT2D eigenvalue weighted by atomic mass is 10.1. The number of amides is 2. The van der Waals surface area contributed by atoms with E-state index in [1.165, 1.54) is 0 Å². The first kappa shape index (κ1) is 16.7. The number of hydrogen-bond donors (Lipinski definition) is 1. The maximum Gasteiger partial charge on any atom is 0.307 e. The van der Waals surface area contributed by atoms with E-state index in [0.29, 0.717) is 32.7 Å². The van der Waals surface area contributed by atoms with Crippen LogP contribution in [0.15, 0.2) is 0 Å². The monoisotopic (exact) mass is 311 g/mol. The van der Waals surface area contributed by atoms with Crippen LogP contribution >= 0.6 is 0 Å². The Bertz CT molecular complexity index is 481. The lowest BCUT2D eigenvalue weighted by Crippen LogP contribution is -2.52. The van der Waals surface area contributed by atoms with Crippen molar-refractivity contribution in [2.75, 3.05) is 46.8 Å². The molecule has 1 N–H and O–H groups in total. The molecule has 0 bridgehead atoms. The number of carboxylic acids is 1. The second-order valence-electron chi connectivity index (χ2n) is 7.06. The van der Waals surface area contributed by atoms with Crippen LogP contribution in [0.25, 0.3) is 0 Å². The lowest BCUT2D eigenvalue weighted by molar-refractivity contribution is -0.143. The van der Waals surface area contributed by atoms with Crippen LogP contribution in [0.1, 0.15) is 13.8 Å². The minimum absolute atomic E-state index is 0.0623. The molecule has 0 aromatic rings. The van der Waals surface area contributed by atoms with Crippen LogP contribution < -0.4 is 0 Å². The molecule has 2 unspecified atom stereocenters. The predicted molar refractivity (Wildman–Crippen MR) is 80.1 cm³/mol. The molecule has 2 aliphatic rings. The van der Waals surface area contributed by atoms with E-state index >= 15 is 0 Å². The maximum atomic E-state index is 12.5. The maximum absolute atomic E-state index is 12.5. The summed E-state index contributed by atoms with van der Waals surface area (Å²) in [6.45, 7) is 6.02. The van der Waals surface area contributed by atoms with E-state index in [0.717, 1.165) is 0 Å². The molecule has 0 radical (unpaired) electrons. The van der Waals surface area contributed by atoms with Gasteiger partial charge in [0.25, 0.3) is 0 Å². The summed E-state index contributed by atoms with van der Waals surface area (Å²) >= 11 is 0. The third kappa shape index (κ3) is 3.09. The Labute approximate surface area is 130 Å². The minimum atomic E-state index is -0.900. The van der Waals surface area contributed by atoms with Crippen LogP contribution in [-0.4, -0.2) is 84.4 Å². The van der Waals surface area contributed by atoms with Crippen LogP contribution in [0.2, 0.25) is 0 Å². The van der Waals surface area contributed by atoms with Gasteiger partial charge in [0.05, 0.1) is 18.4 Å². The average Bonchev–Trinajstić information content (AvgIpc) is 3.00. The normalized spacial score (nSPS) is 27.0. The van der Waals surface area contributed by atoms with Crippen molar-refractivity contribution in [1.82, 2.24) is 14.7 Å². The number of hydrogen-bond acceptors (Lipinski definition) is 4. The van der Waals surface area contributed by atoms with Crippen LogP contribution in [0.4, 0.5) is 0 Å². The number of aliphatic carboxylic acids is 1. The number of carbonyl (C=O) groups is 3. The molecule has 2 rings (SSSR count). The number of carbonyl (C=O) groups excluding carboxylic acids is 2. The van der Waals surface area contributed by atoms with E-state index in [1.54, 1.807) is 9.80 Å². The molecule has 124 valence electrons. The molecule has 1 heterocycles. The van der Waals surface area contributed by atoms with Gasteiger partial charge >= 0.3 is 5.97 Å². The molecule has 0 aromatic heterocycles. The van der Waals surface area contributed by atoms with Gasteiger partial charge in [0, 0.05) is 26.2 Å². The number of carboxylic acid groups (broad SMARTS) is 1. The fraction of sp³-hybridized carbons (Fsp3) is 0.800. The van der Waals surface area contributed by atoms with Crippen molar-refractivity contribution in [1.29, 1.82) is 0 Å². The fourth-order valence-electron chi connectivity index (χ4n) is 3.30. The van der Waals surface area contributed by atoms with Gasteiger partial charge in [-0.05, 0) is 19.5 Å². The van der Waals surface area contributed by atoms with Gasteiger partial charge in [-0.1, -0.05) is 13.8 Å². The van der Waals surface area contributed by atoms with E-state index in [1.807, 2.05) is 32.8 Å². The van der Waals surface area contributed by atoms with Crippen molar-refractivity contribution in [3.8, 4) is 0 Å². The highest BCUT2D eigenvalue weighted by Gasteiger charge is 2.66. The summed E-state index contributed by atoms with van der Waals surface area (Å²) in [5.74, 6) is -1.95. The first-order chi connectivity index (χ1) is 10.2. The van der Waals surface area contributed by atoms with Crippen LogP contribution in [0, 0.1) is 17.3 Å². The lowest BCUT2D eigenvalue weighted by Gasteiger charge is -2.35. The highest BCUT2D eigenvalue weighted by Crippen LogP contribution is 2.59. The van der Waals surface area contributed by atoms with Crippen molar-refractivity contribution < 1.29 is 19.5 Å². The number of nitrogens with zero attached hydrogens (tertiary/aromatic N) is 3. The largest absolute Gasteiger partial charge is 0.481 e. The molecule has 0 spiro atoms. The van der Waals surface area contributed by atoms with Gasteiger partial charge in [0.15, 0.2) is 0 Å². The highest BCUT2D eigenvalue weighted by molar-refractivity contribution is 5.91.